The highest BCUT2D eigenvalue weighted by molar-refractivity contribution is 6.30. The van der Waals surface area contributed by atoms with E-state index < -0.39 is 19.0 Å². The molecule has 0 aromatic heterocycles. The van der Waals surface area contributed by atoms with Gasteiger partial charge in [-0.3, -0.25) is 14.5 Å². The van der Waals surface area contributed by atoms with Gasteiger partial charge < -0.3 is 9.64 Å². The van der Waals surface area contributed by atoms with Crippen molar-refractivity contribution < 1.29 is 23.1 Å². The Morgan fingerprint density at radius 2 is 1.87 bits per heavy atom. The van der Waals surface area contributed by atoms with Gasteiger partial charge >= 0.3 is 6.61 Å². The van der Waals surface area contributed by atoms with E-state index in [9.17, 15) is 18.4 Å². The molecule has 5 nitrogen and oxygen atoms in total. The molecule has 1 aliphatic carbocycles. The third kappa shape index (κ3) is 6.46. The third-order valence-electron chi connectivity index (χ3n) is 6.44. The SMILES string of the molecule is Cc1c(CC(=O)COC(F)F)cc(Cl)cc1CN1CCN(C(=O)C2CCCC2)[C@@H](C)C1. The van der Waals surface area contributed by atoms with Crippen LogP contribution in [0.25, 0.3) is 0 Å². The van der Waals surface area contributed by atoms with Gasteiger partial charge in [0.2, 0.25) is 5.91 Å². The zero-order chi connectivity index (χ0) is 22.5. The van der Waals surface area contributed by atoms with Crippen LogP contribution in [0.5, 0.6) is 0 Å². The molecule has 1 aliphatic heterocycles. The van der Waals surface area contributed by atoms with Crippen molar-refractivity contribution >= 4 is 23.3 Å². The molecule has 172 valence electrons. The molecule has 8 heteroatoms. The maximum atomic E-state index is 12.8. The number of benzene rings is 1. The maximum Gasteiger partial charge on any atom is 0.345 e. The number of alkyl halides is 2. The lowest BCUT2D eigenvalue weighted by atomic mass is 9.97. The first kappa shape index (κ1) is 24.1. The number of amides is 1. The van der Waals surface area contributed by atoms with Crippen molar-refractivity contribution in [2.24, 2.45) is 5.92 Å². The average molecular weight is 457 g/mol. The van der Waals surface area contributed by atoms with Gasteiger partial charge in [-0.05, 0) is 55.5 Å². The van der Waals surface area contributed by atoms with Crippen molar-refractivity contribution in [3.63, 3.8) is 0 Å². The van der Waals surface area contributed by atoms with E-state index in [2.05, 4.69) is 16.6 Å². The molecule has 2 aliphatic rings. The number of piperazine rings is 1. The molecule has 1 saturated heterocycles. The van der Waals surface area contributed by atoms with Gasteiger partial charge in [-0.15, -0.1) is 0 Å². The molecular formula is C23H31ClF2N2O3. The number of ketones is 1. The summed E-state index contributed by atoms with van der Waals surface area (Å²) in [4.78, 5) is 29.1. The Morgan fingerprint density at radius 3 is 2.52 bits per heavy atom. The first-order valence-corrected chi connectivity index (χ1v) is 11.3. The zero-order valence-electron chi connectivity index (χ0n) is 18.2. The van der Waals surface area contributed by atoms with Gasteiger partial charge in [0.1, 0.15) is 6.61 Å². The van der Waals surface area contributed by atoms with Crippen molar-refractivity contribution in [1.82, 2.24) is 9.80 Å². The molecule has 2 fully saturated rings. The monoisotopic (exact) mass is 456 g/mol. The van der Waals surface area contributed by atoms with Crippen molar-refractivity contribution in [2.75, 3.05) is 26.2 Å². The molecule has 1 aromatic carbocycles. The summed E-state index contributed by atoms with van der Waals surface area (Å²) >= 11 is 6.28. The van der Waals surface area contributed by atoms with E-state index in [0.29, 0.717) is 24.0 Å². The normalized spacial score (nSPS) is 20.6. The Bertz CT molecular complexity index is 799. The number of halogens is 3. The molecule has 1 atom stereocenters. The minimum atomic E-state index is -2.96. The summed E-state index contributed by atoms with van der Waals surface area (Å²) < 4.78 is 28.5. The van der Waals surface area contributed by atoms with Gasteiger partial charge in [0, 0.05) is 49.6 Å². The lowest BCUT2D eigenvalue weighted by molar-refractivity contribution is -0.149. The standard InChI is InChI=1S/C23H31ClF2N2O3/c1-15-12-27(7-8-28(15)22(30)17-5-3-4-6-17)13-19-10-20(24)9-18(16(19)2)11-21(29)14-31-23(25)26/h9-10,15,17,23H,3-8,11-14H2,1-2H3/t15-/m0/s1. The van der Waals surface area contributed by atoms with E-state index in [0.717, 1.165) is 55.5 Å². The topological polar surface area (TPSA) is 49.9 Å². The van der Waals surface area contributed by atoms with Crippen LogP contribution in [0.4, 0.5) is 8.78 Å². The van der Waals surface area contributed by atoms with Crippen LogP contribution in [-0.4, -0.2) is 60.4 Å². The minimum absolute atomic E-state index is 0.00614. The number of hydrogen-bond acceptors (Lipinski definition) is 4. The van der Waals surface area contributed by atoms with Crippen LogP contribution in [0, 0.1) is 12.8 Å². The molecule has 1 saturated carbocycles. The number of carbonyl (C=O) groups excluding carboxylic acids is 2. The molecule has 1 aromatic rings. The van der Waals surface area contributed by atoms with Crippen LogP contribution in [0.2, 0.25) is 5.02 Å². The summed E-state index contributed by atoms with van der Waals surface area (Å²) in [6.07, 6.45) is 4.33. The summed E-state index contributed by atoms with van der Waals surface area (Å²) in [7, 11) is 0. The lowest BCUT2D eigenvalue weighted by Crippen LogP contribution is -2.54. The second-order valence-corrected chi connectivity index (χ2v) is 9.17. The largest absolute Gasteiger partial charge is 0.345 e. The highest BCUT2D eigenvalue weighted by atomic mass is 35.5. The van der Waals surface area contributed by atoms with E-state index in [-0.39, 0.29) is 18.4 Å². The molecule has 31 heavy (non-hydrogen) atoms. The number of carbonyl (C=O) groups is 2. The number of Topliss-reactive ketones (excluding diaryl/α,β-unsaturated/α-hetero) is 1. The Morgan fingerprint density at radius 1 is 1.19 bits per heavy atom. The maximum absolute atomic E-state index is 12.8. The Labute approximate surface area is 187 Å². The second kappa shape index (κ2) is 10.8. The van der Waals surface area contributed by atoms with Crippen molar-refractivity contribution in [3.05, 3.63) is 33.8 Å². The number of nitrogens with zero attached hydrogens (tertiary/aromatic N) is 2. The molecule has 0 unspecified atom stereocenters. The van der Waals surface area contributed by atoms with Crippen LogP contribution in [0.1, 0.15) is 49.3 Å². The van der Waals surface area contributed by atoms with E-state index in [1.54, 1.807) is 6.07 Å². The van der Waals surface area contributed by atoms with Gasteiger partial charge in [0.15, 0.2) is 5.78 Å². The van der Waals surface area contributed by atoms with Crippen molar-refractivity contribution in [2.45, 2.75) is 65.1 Å². The first-order valence-electron chi connectivity index (χ1n) is 11.0. The fraction of sp³-hybridized carbons (Fsp3) is 0.652. The summed E-state index contributed by atoms with van der Waals surface area (Å²) in [5.74, 6) is 0.0815. The smallest absolute Gasteiger partial charge is 0.337 e. The van der Waals surface area contributed by atoms with Crippen LogP contribution < -0.4 is 0 Å². The van der Waals surface area contributed by atoms with E-state index in [1.807, 2.05) is 17.9 Å². The summed E-state index contributed by atoms with van der Waals surface area (Å²) in [6.45, 7) is 3.38. The fourth-order valence-corrected chi connectivity index (χ4v) is 4.98. The molecule has 0 radical (unpaired) electrons. The first-order chi connectivity index (χ1) is 14.7. The second-order valence-electron chi connectivity index (χ2n) is 8.73. The molecule has 0 N–H and O–H groups in total. The van der Waals surface area contributed by atoms with Gasteiger partial charge in [-0.2, -0.15) is 8.78 Å². The number of hydrogen-bond donors (Lipinski definition) is 0. The van der Waals surface area contributed by atoms with Crippen LogP contribution in [-0.2, 0) is 27.3 Å². The zero-order valence-corrected chi connectivity index (χ0v) is 19.0. The Kier molecular flexibility index (Phi) is 8.42. The predicted octanol–water partition coefficient (Wildman–Crippen LogP) is 4.22. The molecule has 0 bridgehead atoms. The molecule has 1 heterocycles. The highest BCUT2D eigenvalue weighted by Crippen LogP contribution is 2.29. The van der Waals surface area contributed by atoms with Crippen molar-refractivity contribution in [3.8, 4) is 0 Å². The van der Waals surface area contributed by atoms with Gasteiger partial charge in [-0.1, -0.05) is 24.4 Å². The number of rotatable bonds is 8. The van der Waals surface area contributed by atoms with E-state index in [1.165, 1.54) is 0 Å². The molecule has 1 amide bonds. The van der Waals surface area contributed by atoms with Crippen LogP contribution in [0.3, 0.4) is 0 Å². The summed E-state index contributed by atoms with van der Waals surface area (Å²) in [5.41, 5.74) is 2.67. The van der Waals surface area contributed by atoms with Gasteiger partial charge in [-0.25, -0.2) is 0 Å². The van der Waals surface area contributed by atoms with Crippen LogP contribution in [0.15, 0.2) is 12.1 Å². The molecule has 0 spiro atoms. The highest BCUT2D eigenvalue weighted by Gasteiger charge is 2.33. The molecular weight excluding hydrogens is 426 g/mol. The van der Waals surface area contributed by atoms with E-state index in [4.69, 9.17) is 11.6 Å². The summed E-state index contributed by atoms with van der Waals surface area (Å²) in [6, 6.07) is 3.75. The third-order valence-corrected chi connectivity index (χ3v) is 6.66. The lowest BCUT2D eigenvalue weighted by Gasteiger charge is -2.41. The predicted molar refractivity (Wildman–Crippen MR) is 115 cm³/mol. The Hall–Kier alpha value is -1.57. The number of ether oxygens (including phenoxy) is 1. The fourth-order valence-electron chi connectivity index (χ4n) is 4.72. The van der Waals surface area contributed by atoms with Crippen molar-refractivity contribution in [1.29, 1.82) is 0 Å². The minimum Gasteiger partial charge on any atom is -0.337 e. The average Bonchev–Trinajstić information content (AvgIpc) is 3.24. The van der Waals surface area contributed by atoms with Gasteiger partial charge in [0.25, 0.3) is 0 Å². The molecule has 3 rings (SSSR count). The van der Waals surface area contributed by atoms with Gasteiger partial charge in [0.05, 0.1) is 0 Å². The Balaban J connectivity index is 1.61. The van der Waals surface area contributed by atoms with E-state index >= 15 is 0 Å². The summed E-state index contributed by atoms with van der Waals surface area (Å²) in [5, 5.41) is 0.515. The quantitative estimate of drug-likeness (QED) is 0.587. The van der Waals surface area contributed by atoms with Crippen LogP contribution >= 0.6 is 11.6 Å².